The van der Waals surface area contributed by atoms with Gasteiger partial charge in [0.1, 0.15) is 0 Å². The lowest BCUT2D eigenvalue weighted by Crippen LogP contribution is -2.32. The van der Waals surface area contributed by atoms with E-state index in [2.05, 4.69) is 64.7 Å². The van der Waals surface area contributed by atoms with Crippen molar-refractivity contribution in [3.63, 3.8) is 0 Å². The predicted molar refractivity (Wildman–Crippen MR) is 116 cm³/mol. The summed E-state index contributed by atoms with van der Waals surface area (Å²) in [6.07, 6.45) is 4.13. The van der Waals surface area contributed by atoms with Crippen LogP contribution in [0.25, 0.3) is 10.1 Å². The third kappa shape index (κ3) is 3.56. The summed E-state index contributed by atoms with van der Waals surface area (Å²) in [5.74, 6) is 0.481. The van der Waals surface area contributed by atoms with Crippen molar-refractivity contribution < 1.29 is 0 Å². The van der Waals surface area contributed by atoms with Gasteiger partial charge in [-0.05, 0) is 78.1 Å². The normalized spacial score (nSPS) is 21.4. The highest BCUT2D eigenvalue weighted by Gasteiger charge is 2.25. The van der Waals surface area contributed by atoms with Gasteiger partial charge in [0.25, 0.3) is 0 Å². The van der Waals surface area contributed by atoms with Gasteiger partial charge in [-0.15, -0.1) is 11.3 Å². The molecule has 0 saturated carbocycles. The molecule has 3 heterocycles. The zero-order chi connectivity index (χ0) is 18.2. The van der Waals surface area contributed by atoms with Gasteiger partial charge in [0, 0.05) is 30.3 Å². The first-order valence-electron chi connectivity index (χ1n) is 10.3. The molecular formula is C24H28N2S. The molecule has 1 unspecified atom stereocenters. The summed E-state index contributed by atoms with van der Waals surface area (Å²) < 4.78 is 1.41. The number of fused-ring (bicyclic) bond motifs is 2. The smallest absolute Gasteiger partial charge is 0.0345 e. The fourth-order valence-electron chi connectivity index (χ4n) is 4.85. The molecule has 3 aromatic rings. The molecule has 27 heavy (non-hydrogen) atoms. The maximum atomic E-state index is 2.62. The Labute approximate surface area is 166 Å². The van der Waals surface area contributed by atoms with Crippen LogP contribution in [-0.2, 0) is 13.1 Å². The summed E-state index contributed by atoms with van der Waals surface area (Å²) in [6.45, 7) is 5.82. The number of hydrogen-bond acceptors (Lipinski definition) is 3. The van der Waals surface area contributed by atoms with Crippen LogP contribution >= 0.6 is 11.3 Å². The minimum atomic E-state index is 0.481. The molecule has 1 aromatic heterocycles. The van der Waals surface area contributed by atoms with Gasteiger partial charge in [0.05, 0.1) is 0 Å². The predicted octanol–water partition coefficient (Wildman–Crippen LogP) is 5.46. The second-order valence-corrected chi connectivity index (χ2v) is 9.28. The van der Waals surface area contributed by atoms with Crippen LogP contribution in [0.15, 0.2) is 47.8 Å². The molecule has 0 aliphatic carbocycles. The summed E-state index contributed by atoms with van der Waals surface area (Å²) >= 11 is 1.85. The molecule has 0 radical (unpaired) electrons. The Balaban J connectivity index is 1.45. The highest BCUT2D eigenvalue weighted by Crippen LogP contribution is 2.35. The van der Waals surface area contributed by atoms with Crippen molar-refractivity contribution in [3.8, 4) is 0 Å². The largest absolute Gasteiger partial charge is 0.301 e. The number of thiophene rings is 1. The number of benzene rings is 2. The fraction of sp³-hybridized carbons (Fsp3) is 0.417. The van der Waals surface area contributed by atoms with Crippen molar-refractivity contribution in [1.82, 2.24) is 9.80 Å². The van der Waals surface area contributed by atoms with Gasteiger partial charge < -0.3 is 4.90 Å². The van der Waals surface area contributed by atoms with Crippen LogP contribution in [0.2, 0.25) is 0 Å². The molecule has 2 aliphatic heterocycles. The minimum absolute atomic E-state index is 0.481. The minimum Gasteiger partial charge on any atom is -0.301 e. The topological polar surface area (TPSA) is 6.48 Å². The Morgan fingerprint density at radius 2 is 1.89 bits per heavy atom. The Morgan fingerprint density at radius 1 is 1.00 bits per heavy atom. The van der Waals surface area contributed by atoms with Crippen molar-refractivity contribution >= 4 is 21.4 Å². The zero-order valence-electron chi connectivity index (χ0n) is 16.2. The number of piperidine rings is 1. The fourth-order valence-corrected chi connectivity index (χ4v) is 5.69. The van der Waals surface area contributed by atoms with Crippen molar-refractivity contribution in [2.45, 2.75) is 38.3 Å². The van der Waals surface area contributed by atoms with Crippen LogP contribution in [0.1, 0.15) is 47.4 Å². The molecule has 1 fully saturated rings. The highest BCUT2D eigenvalue weighted by atomic mass is 32.1. The summed E-state index contributed by atoms with van der Waals surface area (Å²) in [4.78, 5) is 5.11. The Kier molecular flexibility index (Phi) is 4.76. The molecule has 0 bridgehead atoms. The Morgan fingerprint density at radius 3 is 2.78 bits per heavy atom. The van der Waals surface area contributed by atoms with Crippen LogP contribution in [0.3, 0.4) is 0 Å². The van der Waals surface area contributed by atoms with Crippen molar-refractivity contribution in [2.24, 2.45) is 0 Å². The number of likely N-dealkylation sites (tertiary alicyclic amines) is 1. The SMILES string of the molecule is CN1Cc2cc(CN3CCCCC3)ccc2C(c2ccc3ccsc3c2)C1. The van der Waals surface area contributed by atoms with Crippen LogP contribution in [0, 0.1) is 0 Å². The van der Waals surface area contributed by atoms with E-state index in [1.807, 2.05) is 11.3 Å². The second-order valence-electron chi connectivity index (χ2n) is 8.34. The van der Waals surface area contributed by atoms with E-state index in [1.54, 1.807) is 0 Å². The first kappa shape index (κ1) is 17.4. The van der Waals surface area contributed by atoms with E-state index in [1.165, 1.54) is 64.7 Å². The van der Waals surface area contributed by atoms with E-state index in [4.69, 9.17) is 0 Å². The van der Waals surface area contributed by atoms with Crippen molar-refractivity contribution in [3.05, 3.63) is 70.1 Å². The molecule has 3 heteroatoms. The molecule has 2 nitrogen and oxygen atoms in total. The van der Waals surface area contributed by atoms with Crippen molar-refractivity contribution in [1.29, 1.82) is 0 Å². The number of likely N-dealkylation sites (N-methyl/N-ethyl adjacent to an activating group) is 1. The maximum absolute atomic E-state index is 2.62. The molecule has 5 rings (SSSR count). The second kappa shape index (κ2) is 7.38. The highest BCUT2D eigenvalue weighted by molar-refractivity contribution is 7.17. The number of nitrogens with zero attached hydrogens (tertiary/aromatic N) is 2. The van der Waals surface area contributed by atoms with E-state index >= 15 is 0 Å². The maximum Gasteiger partial charge on any atom is 0.0345 e. The zero-order valence-corrected chi connectivity index (χ0v) is 17.0. The number of rotatable bonds is 3. The summed E-state index contributed by atoms with van der Waals surface area (Å²) in [7, 11) is 2.26. The molecular weight excluding hydrogens is 348 g/mol. The average Bonchev–Trinajstić information content (AvgIpc) is 3.15. The molecule has 2 aliphatic rings. The van der Waals surface area contributed by atoms with Gasteiger partial charge in [0.15, 0.2) is 0 Å². The first-order valence-corrected chi connectivity index (χ1v) is 11.1. The lowest BCUT2D eigenvalue weighted by molar-refractivity contribution is 0.220. The van der Waals surface area contributed by atoms with Gasteiger partial charge >= 0.3 is 0 Å². The molecule has 0 amide bonds. The lowest BCUT2D eigenvalue weighted by Gasteiger charge is -2.33. The molecule has 140 valence electrons. The molecule has 0 N–H and O–H groups in total. The van der Waals surface area contributed by atoms with Crippen LogP contribution in [0.4, 0.5) is 0 Å². The van der Waals surface area contributed by atoms with Crippen LogP contribution < -0.4 is 0 Å². The van der Waals surface area contributed by atoms with E-state index in [9.17, 15) is 0 Å². The van der Waals surface area contributed by atoms with E-state index in [0.717, 1.165) is 19.6 Å². The van der Waals surface area contributed by atoms with E-state index in [0.29, 0.717) is 5.92 Å². The summed E-state index contributed by atoms with van der Waals surface area (Å²) in [6, 6.07) is 16.5. The third-order valence-corrected chi connectivity index (χ3v) is 7.13. The number of hydrogen-bond donors (Lipinski definition) is 0. The third-order valence-electron chi connectivity index (χ3n) is 6.25. The van der Waals surface area contributed by atoms with Gasteiger partial charge in [-0.3, -0.25) is 4.90 Å². The van der Waals surface area contributed by atoms with Crippen LogP contribution in [0.5, 0.6) is 0 Å². The van der Waals surface area contributed by atoms with Gasteiger partial charge in [0.2, 0.25) is 0 Å². The standard InChI is InChI=1S/C24H28N2S/c1-25-16-21-13-18(15-26-10-3-2-4-11-26)5-8-22(21)23(17-25)20-7-6-19-9-12-27-24(19)14-20/h5-9,12-14,23H,2-4,10-11,15-17H2,1H3. The van der Waals surface area contributed by atoms with E-state index in [-0.39, 0.29) is 0 Å². The van der Waals surface area contributed by atoms with Gasteiger partial charge in [-0.2, -0.15) is 0 Å². The quantitative estimate of drug-likeness (QED) is 0.598. The summed E-state index contributed by atoms with van der Waals surface area (Å²) in [5, 5.41) is 3.56. The monoisotopic (exact) mass is 376 g/mol. The Bertz CT molecular complexity index is 938. The molecule has 1 atom stereocenters. The Hall–Kier alpha value is -1.68. The van der Waals surface area contributed by atoms with Gasteiger partial charge in [-0.1, -0.05) is 36.8 Å². The molecule has 1 saturated heterocycles. The van der Waals surface area contributed by atoms with E-state index < -0.39 is 0 Å². The average molecular weight is 377 g/mol. The van der Waals surface area contributed by atoms with Gasteiger partial charge in [-0.25, -0.2) is 0 Å². The van der Waals surface area contributed by atoms with Crippen molar-refractivity contribution in [2.75, 3.05) is 26.7 Å². The lowest BCUT2D eigenvalue weighted by atomic mass is 9.84. The van der Waals surface area contributed by atoms with Crippen LogP contribution in [-0.4, -0.2) is 36.5 Å². The molecule has 0 spiro atoms. The summed E-state index contributed by atoms with van der Waals surface area (Å²) in [5.41, 5.74) is 6.00. The molecule has 2 aromatic carbocycles. The first-order chi connectivity index (χ1) is 13.3.